The number of aromatic nitrogens is 5. The van der Waals surface area contributed by atoms with Gasteiger partial charge >= 0.3 is 0 Å². The Morgan fingerprint density at radius 1 is 0.816 bits per heavy atom. The van der Waals surface area contributed by atoms with Crippen molar-refractivity contribution in [3.63, 3.8) is 0 Å². The first-order valence-electron chi connectivity index (χ1n) is 12.7. The summed E-state index contributed by atoms with van der Waals surface area (Å²) in [5.74, 6) is -0.629. The lowest BCUT2D eigenvalue weighted by Gasteiger charge is -2.14. The summed E-state index contributed by atoms with van der Waals surface area (Å²) in [6, 6.07) is 14.5. The molecule has 1 fully saturated rings. The summed E-state index contributed by atoms with van der Waals surface area (Å²) in [6.45, 7) is 3.22. The third-order valence-electron chi connectivity index (χ3n) is 7.29. The SMILES string of the molecule is Oc1cc(F)cc(-c2cncc3[nH]c(-c4n[nH]c5ccc(-c6cncc(CN7CCCC7)c6)cc45)cc23)c1. The molecule has 0 bridgehead atoms. The average Bonchev–Trinajstić information content (AvgIpc) is 3.67. The van der Waals surface area contributed by atoms with Crippen LogP contribution in [-0.2, 0) is 6.54 Å². The number of hydrogen-bond donors (Lipinski definition) is 3. The molecule has 7 nitrogen and oxygen atoms in total. The van der Waals surface area contributed by atoms with Gasteiger partial charge in [0.2, 0.25) is 0 Å². The number of pyridine rings is 2. The number of phenolic OH excluding ortho intramolecular Hbond substituents is 1. The van der Waals surface area contributed by atoms with Gasteiger partial charge in [0, 0.05) is 53.1 Å². The number of rotatable bonds is 5. The van der Waals surface area contributed by atoms with Gasteiger partial charge in [-0.25, -0.2) is 4.39 Å². The summed E-state index contributed by atoms with van der Waals surface area (Å²) >= 11 is 0. The topological polar surface area (TPSA) is 93.7 Å². The molecule has 2 aromatic carbocycles. The molecule has 38 heavy (non-hydrogen) atoms. The summed E-state index contributed by atoms with van der Waals surface area (Å²) in [6.07, 6.45) is 9.81. The minimum atomic E-state index is -0.502. The molecule has 1 aliphatic rings. The molecule has 0 spiro atoms. The van der Waals surface area contributed by atoms with E-state index >= 15 is 0 Å². The quantitative estimate of drug-likeness (QED) is 0.257. The molecule has 7 rings (SSSR count). The Labute approximate surface area is 218 Å². The van der Waals surface area contributed by atoms with E-state index in [-0.39, 0.29) is 5.75 Å². The molecule has 0 radical (unpaired) electrons. The Bertz CT molecular complexity index is 1780. The van der Waals surface area contributed by atoms with Crippen LogP contribution >= 0.6 is 0 Å². The Balaban J connectivity index is 1.28. The minimum absolute atomic E-state index is 0.127. The number of phenols is 1. The van der Waals surface area contributed by atoms with E-state index in [1.54, 1.807) is 12.4 Å². The number of benzene rings is 2. The van der Waals surface area contributed by atoms with Gasteiger partial charge in [0.1, 0.15) is 17.3 Å². The fraction of sp³-hybridized carbons (Fsp3) is 0.167. The van der Waals surface area contributed by atoms with Crippen molar-refractivity contribution < 1.29 is 9.50 Å². The second-order valence-corrected chi connectivity index (χ2v) is 9.93. The Kier molecular flexibility index (Phi) is 5.40. The third-order valence-corrected chi connectivity index (χ3v) is 7.29. The normalized spacial score (nSPS) is 14.1. The molecular weight excluding hydrogens is 479 g/mol. The molecule has 0 unspecified atom stereocenters. The molecular formula is C30H25FN6O. The maximum atomic E-state index is 14.0. The van der Waals surface area contributed by atoms with Crippen molar-refractivity contribution in [1.29, 1.82) is 0 Å². The Morgan fingerprint density at radius 2 is 1.68 bits per heavy atom. The highest BCUT2D eigenvalue weighted by Gasteiger charge is 2.16. The highest BCUT2D eigenvalue weighted by atomic mass is 19.1. The van der Waals surface area contributed by atoms with Crippen LogP contribution in [0.5, 0.6) is 5.75 Å². The second-order valence-electron chi connectivity index (χ2n) is 9.93. The van der Waals surface area contributed by atoms with E-state index in [0.717, 1.165) is 75.6 Å². The molecule has 0 saturated carbocycles. The van der Waals surface area contributed by atoms with E-state index in [1.165, 1.54) is 30.5 Å². The van der Waals surface area contributed by atoms with Gasteiger partial charge in [-0.2, -0.15) is 5.10 Å². The lowest BCUT2D eigenvalue weighted by molar-refractivity contribution is 0.331. The fourth-order valence-electron chi connectivity index (χ4n) is 5.47. The standard InChI is InChI=1S/C30H25FN6O/c31-22-8-20(9-23(38)11-22)26-15-33-16-29-24(26)12-28(34-29)30-25-10-19(3-4-27(25)35-36-30)21-7-18(13-32-14-21)17-37-5-1-2-6-37/h3-4,7-16,34,38H,1-2,5-6,17H2,(H,35,36). The molecule has 0 atom stereocenters. The minimum Gasteiger partial charge on any atom is -0.508 e. The number of hydrogen-bond acceptors (Lipinski definition) is 5. The number of fused-ring (bicyclic) bond motifs is 2. The molecule has 5 heterocycles. The van der Waals surface area contributed by atoms with Crippen molar-refractivity contribution in [2.24, 2.45) is 0 Å². The molecule has 0 amide bonds. The lowest BCUT2D eigenvalue weighted by atomic mass is 10.0. The smallest absolute Gasteiger partial charge is 0.127 e. The molecule has 1 aliphatic heterocycles. The number of nitrogens with one attached hydrogen (secondary N) is 2. The van der Waals surface area contributed by atoms with E-state index in [0.29, 0.717) is 5.56 Å². The maximum Gasteiger partial charge on any atom is 0.127 e. The van der Waals surface area contributed by atoms with Crippen LogP contribution in [0.1, 0.15) is 18.4 Å². The number of nitrogens with zero attached hydrogens (tertiary/aromatic N) is 4. The third kappa shape index (κ3) is 4.09. The number of halogens is 1. The summed E-state index contributed by atoms with van der Waals surface area (Å²) in [5, 5.41) is 19.5. The molecule has 188 valence electrons. The van der Waals surface area contributed by atoms with Crippen LogP contribution in [0.4, 0.5) is 4.39 Å². The number of aromatic hydroxyl groups is 1. The zero-order chi connectivity index (χ0) is 25.6. The first kappa shape index (κ1) is 22.6. The van der Waals surface area contributed by atoms with Gasteiger partial charge in [0.25, 0.3) is 0 Å². The number of H-pyrrole nitrogens is 2. The van der Waals surface area contributed by atoms with Crippen LogP contribution < -0.4 is 0 Å². The highest BCUT2D eigenvalue weighted by molar-refractivity contribution is 6.01. The molecule has 1 saturated heterocycles. The van der Waals surface area contributed by atoms with Crippen LogP contribution in [-0.4, -0.2) is 48.2 Å². The molecule has 4 aromatic heterocycles. The molecule has 8 heteroatoms. The van der Waals surface area contributed by atoms with E-state index in [2.05, 4.69) is 48.2 Å². The monoisotopic (exact) mass is 504 g/mol. The van der Waals surface area contributed by atoms with Crippen LogP contribution in [0, 0.1) is 5.82 Å². The first-order valence-corrected chi connectivity index (χ1v) is 12.7. The summed E-state index contributed by atoms with van der Waals surface area (Å²) in [4.78, 5) is 14.7. The summed E-state index contributed by atoms with van der Waals surface area (Å²) < 4.78 is 14.0. The summed E-state index contributed by atoms with van der Waals surface area (Å²) in [5.41, 5.74) is 7.98. The first-order chi connectivity index (χ1) is 18.6. The van der Waals surface area contributed by atoms with Crippen molar-refractivity contribution in [2.45, 2.75) is 19.4 Å². The van der Waals surface area contributed by atoms with Gasteiger partial charge in [0.15, 0.2) is 0 Å². The average molecular weight is 505 g/mol. The van der Waals surface area contributed by atoms with Crippen molar-refractivity contribution in [1.82, 2.24) is 30.0 Å². The predicted octanol–water partition coefficient (Wildman–Crippen LogP) is 6.28. The molecule has 3 N–H and O–H groups in total. The number of likely N-dealkylation sites (tertiary alicyclic amines) is 1. The van der Waals surface area contributed by atoms with Crippen LogP contribution in [0.2, 0.25) is 0 Å². The lowest BCUT2D eigenvalue weighted by Crippen LogP contribution is -2.18. The molecule has 0 aliphatic carbocycles. The summed E-state index contributed by atoms with van der Waals surface area (Å²) in [7, 11) is 0. The number of aromatic amines is 2. The van der Waals surface area contributed by atoms with Gasteiger partial charge in [-0.1, -0.05) is 6.07 Å². The van der Waals surface area contributed by atoms with Crippen molar-refractivity contribution >= 4 is 21.8 Å². The second kappa shape index (κ2) is 9.08. The molecule has 6 aromatic rings. The largest absolute Gasteiger partial charge is 0.508 e. The van der Waals surface area contributed by atoms with Gasteiger partial charge in [0.05, 0.1) is 22.9 Å². The van der Waals surface area contributed by atoms with Crippen LogP contribution in [0.3, 0.4) is 0 Å². The zero-order valence-corrected chi connectivity index (χ0v) is 20.6. The van der Waals surface area contributed by atoms with Gasteiger partial charge in [-0.15, -0.1) is 0 Å². The van der Waals surface area contributed by atoms with E-state index in [9.17, 15) is 9.50 Å². The van der Waals surface area contributed by atoms with Crippen molar-refractivity contribution in [2.75, 3.05) is 13.1 Å². The fourth-order valence-corrected chi connectivity index (χ4v) is 5.47. The van der Waals surface area contributed by atoms with E-state index in [1.807, 2.05) is 24.5 Å². The Morgan fingerprint density at radius 3 is 2.55 bits per heavy atom. The van der Waals surface area contributed by atoms with Gasteiger partial charge in [-0.05, 0) is 79.0 Å². The highest BCUT2D eigenvalue weighted by Crippen LogP contribution is 2.36. The maximum absolute atomic E-state index is 14.0. The van der Waals surface area contributed by atoms with Gasteiger partial charge < -0.3 is 10.1 Å². The van der Waals surface area contributed by atoms with E-state index < -0.39 is 5.82 Å². The van der Waals surface area contributed by atoms with Crippen LogP contribution in [0.15, 0.2) is 73.3 Å². The Hall–Kier alpha value is -4.56. The van der Waals surface area contributed by atoms with Crippen LogP contribution in [0.25, 0.3) is 55.4 Å². The van der Waals surface area contributed by atoms with Crippen molar-refractivity contribution in [3.8, 4) is 39.4 Å². The predicted molar refractivity (Wildman–Crippen MR) is 146 cm³/mol. The van der Waals surface area contributed by atoms with Gasteiger partial charge in [-0.3, -0.25) is 20.0 Å². The van der Waals surface area contributed by atoms with E-state index in [4.69, 9.17) is 0 Å². The van der Waals surface area contributed by atoms with Crippen molar-refractivity contribution in [3.05, 3.63) is 84.7 Å². The zero-order valence-electron chi connectivity index (χ0n) is 20.6.